The van der Waals surface area contributed by atoms with E-state index in [1.54, 1.807) is 0 Å². The Kier molecular flexibility index (Phi) is 5.49. The van der Waals surface area contributed by atoms with Crippen LogP contribution in [0.15, 0.2) is 54.6 Å². The number of amides is 2. The van der Waals surface area contributed by atoms with E-state index < -0.39 is 0 Å². The predicted octanol–water partition coefficient (Wildman–Crippen LogP) is 3.80. The second-order valence-electron chi connectivity index (χ2n) is 6.64. The third kappa shape index (κ3) is 4.47. The molecule has 130 valence electrons. The summed E-state index contributed by atoms with van der Waals surface area (Å²) in [5, 5.41) is 2.95. The van der Waals surface area contributed by atoms with Crippen molar-refractivity contribution in [1.82, 2.24) is 10.2 Å². The van der Waals surface area contributed by atoms with Crippen molar-refractivity contribution >= 4 is 11.8 Å². The lowest BCUT2D eigenvalue weighted by Gasteiger charge is -2.31. The molecule has 1 heterocycles. The fourth-order valence-corrected chi connectivity index (χ4v) is 3.18. The molecule has 1 fully saturated rings. The molecular weight excluding hydrogens is 312 g/mol. The average Bonchev–Trinajstić information content (AvgIpc) is 2.67. The third-order valence-corrected chi connectivity index (χ3v) is 4.78. The van der Waals surface area contributed by atoms with Crippen LogP contribution < -0.4 is 5.32 Å². The highest BCUT2D eigenvalue weighted by atomic mass is 16.2. The quantitative estimate of drug-likeness (QED) is 0.864. The Balaban J connectivity index is 1.48. The predicted molar refractivity (Wildman–Crippen MR) is 98.5 cm³/mol. The molecule has 0 bridgehead atoms. The average molecular weight is 336 g/mol. The number of aryl methyl sites for hydroxylation is 1. The van der Waals surface area contributed by atoms with E-state index in [1.807, 2.05) is 66.4 Å². The van der Waals surface area contributed by atoms with Gasteiger partial charge in [0, 0.05) is 31.1 Å². The number of Topliss-reactive ketones (excluding diaryl/α,β-unsaturated/α-hetero) is 1. The summed E-state index contributed by atoms with van der Waals surface area (Å²) in [6, 6.07) is 17.6. The maximum atomic E-state index is 12.6. The fourth-order valence-electron chi connectivity index (χ4n) is 3.18. The third-order valence-electron chi connectivity index (χ3n) is 4.78. The van der Waals surface area contributed by atoms with Crippen molar-refractivity contribution < 1.29 is 9.59 Å². The zero-order valence-corrected chi connectivity index (χ0v) is 14.6. The van der Waals surface area contributed by atoms with Gasteiger partial charge in [0.2, 0.25) is 0 Å². The molecule has 1 saturated heterocycles. The normalized spacial score (nSPS) is 15.0. The van der Waals surface area contributed by atoms with Crippen molar-refractivity contribution in [2.75, 3.05) is 13.1 Å². The Hall–Kier alpha value is -2.62. The van der Waals surface area contributed by atoms with Crippen LogP contribution in [-0.4, -0.2) is 29.8 Å². The lowest BCUT2D eigenvalue weighted by Crippen LogP contribution is -2.45. The zero-order chi connectivity index (χ0) is 17.6. The second kappa shape index (κ2) is 7.97. The minimum Gasteiger partial charge on any atom is -0.334 e. The van der Waals surface area contributed by atoms with Gasteiger partial charge in [-0.1, -0.05) is 60.2 Å². The fraction of sp³-hybridized carbons (Fsp3) is 0.333. The Morgan fingerprint density at radius 1 is 1.00 bits per heavy atom. The minimum absolute atomic E-state index is 0.0147. The van der Waals surface area contributed by atoms with Crippen LogP contribution in [0.25, 0.3) is 0 Å². The van der Waals surface area contributed by atoms with Gasteiger partial charge >= 0.3 is 6.03 Å². The van der Waals surface area contributed by atoms with E-state index in [1.165, 1.54) is 0 Å². The van der Waals surface area contributed by atoms with E-state index in [4.69, 9.17) is 0 Å². The molecule has 1 N–H and O–H groups in total. The monoisotopic (exact) mass is 336 g/mol. The molecule has 0 saturated carbocycles. The number of piperidine rings is 1. The Morgan fingerprint density at radius 3 is 2.28 bits per heavy atom. The van der Waals surface area contributed by atoms with Crippen LogP contribution in [-0.2, 0) is 6.54 Å². The van der Waals surface area contributed by atoms with Crippen LogP contribution in [0.5, 0.6) is 0 Å². The summed E-state index contributed by atoms with van der Waals surface area (Å²) in [5.41, 5.74) is 3.01. The standard InChI is InChI=1S/C21H24N2O2/c1-16-7-9-18(10-8-16)20(24)19-11-13-23(14-12-19)21(25)22-15-17-5-3-2-4-6-17/h2-10,19H,11-15H2,1H3,(H,22,25). The van der Waals surface area contributed by atoms with Gasteiger partial charge in [0.05, 0.1) is 0 Å². The summed E-state index contributed by atoms with van der Waals surface area (Å²) >= 11 is 0. The highest BCUT2D eigenvalue weighted by Gasteiger charge is 2.27. The smallest absolute Gasteiger partial charge is 0.317 e. The van der Waals surface area contributed by atoms with Gasteiger partial charge in [-0.15, -0.1) is 0 Å². The summed E-state index contributed by atoms with van der Waals surface area (Å²) in [7, 11) is 0. The molecule has 3 rings (SSSR count). The van der Waals surface area contributed by atoms with E-state index in [2.05, 4.69) is 5.32 Å². The van der Waals surface area contributed by atoms with Gasteiger partial charge < -0.3 is 10.2 Å². The van der Waals surface area contributed by atoms with Gasteiger partial charge in [0.1, 0.15) is 0 Å². The topological polar surface area (TPSA) is 49.4 Å². The molecule has 0 aliphatic carbocycles. The minimum atomic E-state index is -0.0508. The zero-order valence-electron chi connectivity index (χ0n) is 14.6. The van der Waals surface area contributed by atoms with Crippen LogP contribution in [0.4, 0.5) is 4.79 Å². The highest BCUT2D eigenvalue weighted by molar-refractivity contribution is 5.98. The molecule has 0 atom stereocenters. The van der Waals surface area contributed by atoms with Crippen molar-refractivity contribution in [1.29, 1.82) is 0 Å². The number of nitrogens with one attached hydrogen (secondary N) is 1. The molecule has 0 radical (unpaired) electrons. The first kappa shape index (κ1) is 17.2. The van der Waals surface area contributed by atoms with Gasteiger partial charge in [0.25, 0.3) is 0 Å². The van der Waals surface area contributed by atoms with Crippen molar-refractivity contribution in [3.63, 3.8) is 0 Å². The van der Waals surface area contributed by atoms with Crippen LogP contribution in [0.3, 0.4) is 0 Å². The number of ketones is 1. The van der Waals surface area contributed by atoms with Gasteiger partial charge in [-0.25, -0.2) is 4.79 Å². The first-order valence-corrected chi connectivity index (χ1v) is 8.81. The Bertz CT molecular complexity index is 717. The molecule has 25 heavy (non-hydrogen) atoms. The first-order valence-electron chi connectivity index (χ1n) is 8.81. The van der Waals surface area contributed by atoms with E-state index in [9.17, 15) is 9.59 Å². The van der Waals surface area contributed by atoms with Crippen molar-refractivity contribution in [2.45, 2.75) is 26.3 Å². The summed E-state index contributed by atoms with van der Waals surface area (Å²) in [5.74, 6) is 0.213. The van der Waals surface area contributed by atoms with E-state index >= 15 is 0 Å². The van der Waals surface area contributed by atoms with Gasteiger partial charge in [-0.05, 0) is 25.3 Å². The van der Waals surface area contributed by atoms with Crippen molar-refractivity contribution in [3.8, 4) is 0 Å². The van der Waals surface area contributed by atoms with Crippen LogP contribution >= 0.6 is 0 Å². The van der Waals surface area contributed by atoms with E-state index in [0.717, 1.165) is 29.5 Å². The maximum absolute atomic E-state index is 12.6. The van der Waals surface area contributed by atoms with Crippen LogP contribution in [0.2, 0.25) is 0 Å². The molecule has 0 spiro atoms. The van der Waals surface area contributed by atoms with Crippen molar-refractivity contribution in [3.05, 3.63) is 71.3 Å². The summed E-state index contributed by atoms with van der Waals surface area (Å²) < 4.78 is 0. The lowest BCUT2D eigenvalue weighted by atomic mass is 9.89. The van der Waals surface area contributed by atoms with Gasteiger partial charge in [-0.3, -0.25) is 4.79 Å². The van der Waals surface area contributed by atoms with Crippen molar-refractivity contribution in [2.24, 2.45) is 5.92 Å². The molecular formula is C21H24N2O2. The molecule has 4 nitrogen and oxygen atoms in total. The number of hydrogen-bond donors (Lipinski definition) is 1. The van der Waals surface area contributed by atoms with Crippen LogP contribution in [0.1, 0.15) is 34.3 Å². The SMILES string of the molecule is Cc1ccc(C(=O)C2CCN(C(=O)NCc3ccccc3)CC2)cc1. The summed E-state index contributed by atoms with van der Waals surface area (Å²) in [6.07, 6.45) is 1.46. The summed E-state index contributed by atoms with van der Waals surface area (Å²) in [4.78, 5) is 26.7. The Morgan fingerprint density at radius 2 is 1.64 bits per heavy atom. The summed E-state index contributed by atoms with van der Waals surface area (Å²) in [6.45, 7) is 3.80. The number of rotatable bonds is 4. The number of nitrogens with zero attached hydrogens (tertiary/aromatic N) is 1. The maximum Gasteiger partial charge on any atom is 0.317 e. The number of urea groups is 1. The molecule has 2 amide bonds. The highest BCUT2D eigenvalue weighted by Crippen LogP contribution is 2.22. The number of likely N-dealkylation sites (tertiary alicyclic amines) is 1. The van der Waals surface area contributed by atoms with E-state index in [0.29, 0.717) is 19.6 Å². The molecule has 1 aliphatic heterocycles. The first-order chi connectivity index (χ1) is 12.1. The molecule has 0 aromatic heterocycles. The molecule has 4 heteroatoms. The number of carbonyl (C=O) groups is 2. The molecule has 2 aromatic carbocycles. The largest absolute Gasteiger partial charge is 0.334 e. The number of hydrogen-bond acceptors (Lipinski definition) is 2. The number of carbonyl (C=O) groups excluding carboxylic acids is 2. The molecule has 2 aromatic rings. The lowest BCUT2D eigenvalue weighted by molar-refractivity contribution is 0.0854. The van der Waals surface area contributed by atoms with E-state index in [-0.39, 0.29) is 17.7 Å². The van der Waals surface area contributed by atoms with Crippen LogP contribution in [0, 0.1) is 12.8 Å². The van der Waals surface area contributed by atoms with Gasteiger partial charge in [0.15, 0.2) is 5.78 Å². The Labute approximate surface area is 148 Å². The molecule has 1 aliphatic rings. The molecule has 0 unspecified atom stereocenters. The second-order valence-corrected chi connectivity index (χ2v) is 6.64. The van der Waals surface area contributed by atoms with Gasteiger partial charge in [-0.2, -0.15) is 0 Å². The number of benzene rings is 2.